The molecule has 1 aliphatic heterocycles. The minimum Gasteiger partial charge on any atom is -0.310 e. The molecule has 1 heterocycles. The van der Waals surface area contributed by atoms with Crippen LogP contribution in [0, 0.1) is 5.41 Å². The molecular weight excluding hydrogens is 198 g/mol. The topological polar surface area (TPSA) is 46.2 Å². The third-order valence-electron chi connectivity index (χ3n) is 3.80. The summed E-state index contributed by atoms with van der Waals surface area (Å²) in [7, 11) is -2.73. The third-order valence-corrected chi connectivity index (χ3v) is 5.57. The van der Waals surface area contributed by atoms with Crippen molar-refractivity contribution < 1.29 is 8.42 Å². The third kappa shape index (κ3) is 2.11. The SMILES string of the molecule is CC(NC1CCS(=O)(=O)C1)C1(C)CC1. The lowest BCUT2D eigenvalue weighted by Crippen LogP contribution is -2.41. The van der Waals surface area contributed by atoms with Crippen molar-refractivity contribution in [2.45, 2.75) is 45.2 Å². The summed E-state index contributed by atoms with van der Waals surface area (Å²) in [4.78, 5) is 0. The molecule has 2 atom stereocenters. The van der Waals surface area contributed by atoms with Gasteiger partial charge in [0.2, 0.25) is 0 Å². The molecule has 1 saturated heterocycles. The van der Waals surface area contributed by atoms with Gasteiger partial charge in [0, 0.05) is 12.1 Å². The highest BCUT2D eigenvalue weighted by Crippen LogP contribution is 2.48. The molecule has 2 fully saturated rings. The second-order valence-electron chi connectivity index (χ2n) is 5.14. The standard InChI is InChI=1S/C10H19NO2S/c1-8(10(2)4-5-10)11-9-3-6-14(12,13)7-9/h8-9,11H,3-7H2,1-2H3. The molecule has 0 amide bonds. The fourth-order valence-corrected chi connectivity index (χ4v) is 3.80. The first-order valence-electron chi connectivity index (χ1n) is 5.38. The van der Waals surface area contributed by atoms with E-state index in [4.69, 9.17) is 0 Å². The van der Waals surface area contributed by atoms with Crippen LogP contribution in [0.3, 0.4) is 0 Å². The molecule has 82 valence electrons. The summed E-state index contributed by atoms with van der Waals surface area (Å²) >= 11 is 0. The fraction of sp³-hybridized carbons (Fsp3) is 1.00. The number of rotatable bonds is 3. The monoisotopic (exact) mass is 217 g/mol. The van der Waals surface area contributed by atoms with Gasteiger partial charge < -0.3 is 5.32 Å². The van der Waals surface area contributed by atoms with E-state index in [1.54, 1.807) is 0 Å². The lowest BCUT2D eigenvalue weighted by Gasteiger charge is -2.23. The van der Waals surface area contributed by atoms with Crippen LogP contribution in [0.2, 0.25) is 0 Å². The van der Waals surface area contributed by atoms with Gasteiger partial charge >= 0.3 is 0 Å². The minimum absolute atomic E-state index is 0.201. The van der Waals surface area contributed by atoms with E-state index in [0.29, 0.717) is 23.0 Å². The maximum atomic E-state index is 11.2. The van der Waals surface area contributed by atoms with Crippen molar-refractivity contribution in [1.29, 1.82) is 0 Å². The Morgan fingerprint density at radius 1 is 1.43 bits per heavy atom. The highest BCUT2D eigenvalue weighted by atomic mass is 32.2. The van der Waals surface area contributed by atoms with Crippen molar-refractivity contribution in [2.75, 3.05) is 11.5 Å². The van der Waals surface area contributed by atoms with Gasteiger partial charge in [0.25, 0.3) is 0 Å². The van der Waals surface area contributed by atoms with Crippen LogP contribution in [0.25, 0.3) is 0 Å². The molecule has 3 nitrogen and oxygen atoms in total. The molecule has 1 aliphatic carbocycles. The Labute approximate surface area is 86.2 Å². The van der Waals surface area contributed by atoms with Gasteiger partial charge in [-0.15, -0.1) is 0 Å². The molecule has 0 radical (unpaired) electrons. The largest absolute Gasteiger partial charge is 0.310 e. The number of nitrogens with one attached hydrogen (secondary N) is 1. The molecule has 4 heteroatoms. The zero-order chi connectivity index (χ0) is 10.4. The van der Waals surface area contributed by atoms with Gasteiger partial charge in [0.05, 0.1) is 11.5 Å². The normalized spacial score (nSPS) is 35.4. The van der Waals surface area contributed by atoms with Crippen molar-refractivity contribution in [1.82, 2.24) is 5.32 Å². The number of sulfone groups is 1. The van der Waals surface area contributed by atoms with Gasteiger partial charge in [-0.3, -0.25) is 0 Å². The van der Waals surface area contributed by atoms with Crippen LogP contribution in [0.4, 0.5) is 0 Å². The van der Waals surface area contributed by atoms with Crippen molar-refractivity contribution >= 4 is 9.84 Å². The van der Waals surface area contributed by atoms with Crippen molar-refractivity contribution in [3.05, 3.63) is 0 Å². The lowest BCUT2D eigenvalue weighted by atomic mass is 10.00. The van der Waals surface area contributed by atoms with Crippen molar-refractivity contribution in [2.24, 2.45) is 5.41 Å². The molecule has 0 spiro atoms. The van der Waals surface area contributed by atoms with Gasteiger partial charge in [-0.2, -0.15) is 0 Å². The quantitative estimate of drug-likeness (QED) is 0.765. The van der Waals surface area contributed by atoms with Crippen LogP contribution in [-0.2, 0) is 9.84 Å². The lowest BCUT2D eigenvalue weighted by molar-refractivity contribution is 0.349. The van der Waals surface area contributed by atoms with E-state index in [1.165, 1.54) is 12.8 Å². The molecule has 0 aromatic carbocycles. The Morgan fingerprint density at radius 3 is 2.50 bits per heavy atom. The van der Waals surface area contributed by atoms with Gasteiger partial charge in [0.15, 0.2) is 9.84 Å². The summed E-state index contributed by atoms with van der Waals surface area (Å²) in [5.74, 6) is 0.710. The van der Waals surface area contributed by atoms with Crippen LogP contribution < -0.4 is 5.32 Å². The van der Waals surface area contributed by atoms with Gasteiger partial charge in [-0.25, -0.2) is 8.42 Å². The molecule has 2 rings (SSSR count). The predicted octanol–water partition coefficient (Wildman–Crippen LogP) is 0.952. The molecular formula is C10H19NO2S. The number of hydrogen-bond acceptors (Lipinski definition) is 3. The average Bonchev–Trinajstić information content (AvgIpc) is 2.72. The zero-order valence-electron chi connectivity index (χ0n) is 8.91. The Balaban J connectivity index is 1.87. The first-order valence-corrected chi connectivity index (χ1v) is 7.20. The highest BCUT2D eigenvalue weighted by molar-refractivity contribution is 7.91. The predicted molar refractivity (Wildman–Crippen MR) is 57.0 cm³/mol. The molecule has 1 N–H and O–H groups in total. The van der Waals surface area contributed by atoms with Gasteiger partial charge in [0.1, 0.15) is 0 Å². The second-order valence-corrected chi connectivity index (χ2v) is 7.37. The first kappa shape index (κ1) is 10.4. The maximum Gasteiger partial charge on any atom is 0.151 e. The Kier molecular flexibility index (Phi) is 2.39. The van der Waals surface area contributed by atoms with E-state index in [0.717, 1.165) is 6.42 Å². The van der Waals surface area contributed by atoms with E-state index < -0.39 is 9.84 Å². The molecule has 1 saturated carbocycles. The van der Waals surface area contributed by atoms with Gasteiger partial charge in [-0.05, 0) is 31.6 Å². The van der Waals surface area contributed by atoms with Crippen LogP contribution in [0.5, 0.6) is 0 Å². The number of hydrogen-bond donors (Lipinski definition) is 1. The van der Waals surface area contributed by atoms with Crippen LogP contribution >= 0.6 is 0 Å². The maximum absolute atomic E-state index is 11.2. The second kappa shape index (κ2) is 3.20. The van der Waals surface area contributed by atoms with E-state index in [9.17, 15) is 8.42 Å². The summed E-state index contributed by atoms with van der Waals surface area (Å²) in [6.45, 7) is 4.45. The summed E-state index contributed by atoms with van der Waals surface area (Å²) in [5, 5.41) is 3.46. The van der Waals surface area contributed by atoms with Gasteiger partial charge in [-0.1, -0.05) is 6.92 Å². The Bertz CT molecular complexity index is 319. The summed E-state index contributed by atoms with van der Waals surface area (Å²) in [6.07, 6.45) is 3.35. The van der Waals surface area contributed by atoms with E-state index in [2.05, 4.69) is 19.2 Å². The average molecular weight is 217 g/mol. The van der Waals surface area contributed by atoms with E-state index in [1.807, 2.05) is 0 Å². The zero-order valence-corrected chi connectivity index (χ0v) is 9.73. The summed E-state index contributed by atoms with van der Waals surface area (Å²) < 4.78 is 22.5. The van der Waals surface area contributed by atoms with Crippen molar-refractivity contribution in [3.8, 4) is 0 Å². The highest BCUT2D eigenvalue weighted by Gasteiger charge is 2.43. The van der Waals surface area contributed by atoms with E-state index >= 15 is 0 Å². The van der Waals surface area contributed by atoms with Crippen molar-refractivity contribution in [3.63, 3.8) is 0 Å². The van der Waals surface area contributed by atoms with Crippen LogP contribution in [0.15, 0.2) is 0 Å². The summed E-state index contributed by atoms with van der Waals surface area (Å²) in [5.41, 5.74) is 0.437. The fourth-order valence-electron chi connectivity index (χ4n) is 2.11. The smallest absolute Gasteiger partial charge is 0.151 e. The Hall–Kier alpha value is -0.0900. The van der Waals surface area contributed by atoms with Crippen LogP contribution in [-0.4, -0.2) is 32.0 Å². The van der Waals surface area contributed by atoms with Crippen LogP contribution in [0.1, 0.15) is 33.1 Å². The minimum atomic E-state index is -2.73. The molecule has 0 aromatic heterocycles. The molecule has 2 unspecified atom stereocenters. The molecule has 0 bridgehead atoms. The Morgan fingerprint density at radius 2 is 2.07 bits per heavy atom. The molecule has 14 heavy (non-hydrogen) atoms. The van der Waals surface area contributed by atoms with E-state index in [-0.39, 0.29) is 6.04 Å². The molecule has 0 aromatic rings. The molecule has 2 aliphatic rings. The first-order chi connectivity index (χ1) is 6.41. The summed E-state index contributed by atoms with van der Waals surface area (Å²) in [6, 6.07) is 0.660.